The van der Waals surface area contributed by atoms with E-state index in [0.29, 0.717) is 13.2 Å². The molecule has 1 aliphatic carbocycles. The normalized spacial score (nSPS) is 19.8. The number of amides is 1. The third kappa shape index (κ3) is 3.04. The summed E-state index contributed by atoms with van der Waals surface area (Å²) in [6.07, 6.45) is 1.12. The van der Waals surface area contributed by atoms with E-state index in [4.69, 9.17) is 9.47 Å². The molecule has 1 saturated heterocycles. The van der Waals surface area contributed by atoms with Gasteiger partial charge in [-0.3, -0.25) is 19.3 Å². The summed E-state index contributed by atoms with van der Waals surface area (Å²) >= 11 is 1.67. The van der Waals surface area contributed by atoms with Gasteiger partial charge in [0.25, 0.3) is 5.91 Å². The topological polar surface area (TPSA) is 84.2 Å². The predicted molar refractivity (Wildman–Crippen MR) is 140 cm³/mol. The van der Waals surface area contributed by atoms with Gasteiger partial charge < -0.3 is 19.5 Å². The average molecular weight is 514 g/mol. The van der Waals surface area contributed by atoms with Crippen LogP contribution >= 0.6 is 11.3 Å². The van der Waals surface area contributed by atoms with Crippen LogP contribution in [0.4, 0.5) is 0 Å². The molecule has 2 aromatic heterocycles. The summed E-state index contributed by atoms with van der Waals surface area (Å²) in [6, 6.07) is 17.3. The highest BCUT2D eigenvalue weighted by atomic mass is 32.1. The molecule has 0 saturated carbocycles. The first kappa shape index (κ1) is 22.1. The first-order chi connectivity index (χ1) is 18.1. The number of aromatic nitrogens is 1. The smallest absolute Gasteiger partial charge is 0.278 e. The van der Waals surface area contributed by atoms with E-state index in [0.717, 1.165) is 38.4 Å². The zero-order chi connectivity index (χ0) is 25.3. The standard InChI is InChI=1S/C28H23N3O5S/c1-35-21-8-4-7-18-23(21)19-10-14-37-27(19)17-6-3-2-5-16(17)24(18)31-22-15-36-13-12-29(22)28(34)25-26(33)20(32)9-11-30(25)31/h2-11,14,22,24,33H,12-13,15H2,1H3/t22?,24-/m1/s1. The third-order valence-corrected chi connectivity index (χ3v) is 8.39. The highest BCUT2D eigenvalue weighted by Crippen LogP contribution is 2.52. The maximum absolute atomic E-state index is 13.6. The number of aromatic hydroxyl groups is 1. The molecule has 0 spiro atoms. The van der Waals surface area contributed by atoms with Crippen LogP contribution in [0.15, 0.2) is 71.0 Å². The molecule has 186 valence electrons. The summed E-state index contributed by atoms with van der Waals surface area (Å²) in [6.45, 7) is 1.03. The van der Waals surface area contributed by atoms with Gasteiger partial charge in [0.05, 0.1) is 26.4 Å². The first-order valence-corrected chi connectivity index (χ1v) is 12.9. The maximum Gasteiger partial charge on any atom is 0.278 e. The molecule has 1 N–H and O–H groups in total. The molecule has 1 unspecified atom stereocenters. The van der Waals surface area contributed by atoms with Crippen LogP contribution in [0, 0.1) is 0 Å². The fourth-order valence-corrected chi connectivity index (χ4v) is 6.83. The fraction of sp³-hybridized carbons (Fsp3) is 0.214. The van der Waals surface area contributed by atoms with Gasteiger partial charge in [-0.15, -0.1) is 11.3 Å². The van der Waals surface area contributed by atoms with Crippen LogP contribution in [0.25, 0.3) is 21.6 Å². The van der Waals surface area contributed by atoms with Gasteiger partial charge in [0.1, 0.15) is 11.9 Å². The molecule has 4 aromatic rings. The Balaban J connectivity index is 1.59. The molecule has 3 aliphatic rings. The Morgan fingerprint density at radius 3 is 2.73 bits per heavy atom. The van der Waals surface area contributed by atoms with Crippen LogP contribution in [0.1, 0.15) is 27.7 Å². The number of benzene rings is 2. The molecule has 1 amide bonds. The number of fused-ring (bicyclic) bond motifs is 7. The summed E-state index contributed by atoms with van der Waals surface area (Å²) in [7, 11) is 1.67. The summed E-state index contributed by atoms with van der Waals surface area (Å²) < 4.78 is 13.4. The molecule has 2 atom stereocenters. The lowest BCUT2D eigenvalue weighted by Crippen LogP contribution is -2.66. The van der Waals surface area contributed by atoms with Gasteiger partial charge in [0.15, 0.2) is 11.4 Å². The van der Waals surface area contributed by atoms with E-state index >= 15 is 0 Å². The summed E-state index contributed by atoms with van der Waals surface area (Å²) in [5.41, 5.74) is 4.57. The average Bonchev–Trinajstić information content (AvgIpc) is 3.38. The second-order valence-electron chi connectivity index (χ2n) is 9.23. The molecule has 4 heterocycles. The van der Waals surface area contributed by atoms with Crippen molar-refractivity contribution < 1.29 is 19.4 Å². The minimum Gasteiger partial charge on any atom is -0.502 e. The predicted octanol–water partition coefficient (Wildman–Crippen LogP) is 3.81. The molecule has 7 rings (SSSR count). The van der Waals surface area contributed by atoms with Crippen molar-refractivity contribution in [3.63, 3.8) is 0 Å². The van der Waals surface area contributed by atoms with Crippen molar-refractivity contribution in [3.05, 3.63) is 93.2 Å². The van der Waals surface area contributed by atoms with Gasteiger partial charge >= 0.3 is 0 Å². The van der Waals surface area contributed by atoms with Crippen LogP contribution < -0.4 is 15.2 Å². The Kier molecular flexibility index (Phi) is 4.92. The number of morpholine rings is 1. The summed E-state index contributed by atoms with van der Waals surface area (Å²) in [5.74, 6) is -0.177. The Morgan fingerprint density at radius 1 is 1.03 bits per heavy atom. The van der Waals surface area contributed by atoms with Crippen LogP contribution in [0.3, 0.4) is 0 Å². The van der Waals surface area contributed by atoms with E-state index < -0.39 is 17.3 Å². The third-order valence-electron chi connectivity index (χ3n) is 7.45. The lowest BCUT2D eigenvalue weighted by atomic mass is 9.91. The van der Waals surface area contributed by atoms with Crippen molar-refractivity contribution in [2.75, 3.05) is 31.9 Å². The molecular formula is C28H23N3O5S. The molecular weight excluding hydrogens is 490 g/mol. The molecule has 8 nitrogen and oxygen atoms in total. The van der Waals surface area contributed by atoms with Crippen LogP contribution in [-0.2, 0) is 4.74 Å². The number of methoxy groups -OCH3 is 1. The molecule has 2 aromatic carbocycles. The van der Waals surface area contributed by atoms with Gasteiger partial charge in [0, 0.05) is 34.8 Å². The Labute approximate surface area is 216 Å². The van der Waals surface area contributed by atoms with Crippen LogP contribution in [0.5, 0.6) is 11.5 Å². The van der Waals surface area contributed by atoms with Crippen molar-refractivity contribution in [1.29, 1.82) is 0 Å². The highest BCUT2D eigenvalue weighted by molar-refractivity contribution is 7.14. The number of rotatable bonds is 2. The molecule has 2 aliphatic heterocycles. The minimum absolute atomic E-state index is 0.0356. The van der Waals surface area contributed by atoms with E-state index in [2.05, 4.69) is 34.7 Å². The lowest BCUT2D eigenvalue weighted by Gasteiger charge is -2.51. The summed E-state index contributed by atoms with van der Waals surface area (Å²) in [4.78, 5) is 28.8. The largest absolute Gasteiger partial charge is 0.502 e. The molecule has 0 bridgehead atoms. The zero-order valence-electron chi connectivity index (χ0n) is 20.0. The van der Waals surface area contributed by atoms with E-state index in [9.17, 15) is 14.7 Å². The van der Waals surface area contributed by atoms with Crippen molar-refractivity contribution >= 4 is 17.2 Å². The number of nitrogens with zero attached hydrogens (tertiary/aromatic N) is 3. The van der Waals surface area contributed by atoms with Gasteiger partial charge in [-0.1, -0.05) is 36.4 Å². The number of pyridine rings is 1. The second-order valence-corrected chi connectivity index (χ2v) is 10.1. The quantitative estimate of drug-likeness (QED) is 0.439. The number of hydrogen-bond donors (Lipinski definition) is 1. The van der Waals surface area contributed by atoms with E-state index in [1.165, 1.54) is 6.07 Å². The Morgan fingerprint density at radius 2 is 1.86 bits per heavy atom. The highest BCUT2D eigenvalue weighted by Gasteiger charge is 2.46. The van der Waals surface area contributed by atoms with E-state index in [-0.39, 0.29) is 24.2 Å². The lowest BCUT2D eigenvalue weighted by molar-refractivity contribution is -0.0196. The van der Waals surface area contributed by atoms with Gasteiger partial charge in [-0.05, 0) is 34.2 Å². The number of hydrogen-bond acceptors (Lipinski definition) is 7. The van der Waals surface area contributed by atoms with Crippen molar-refractivity contribution in [2.45, 2.75) is 12.2 Å². The second kappa shape index (κ2) is 8.22. The number of ether oxygens (including phenoxy) is 2. The number of thiophene rings is 1. The van der Waals surface area contributed by atoms with Crippen molar-refractivity contribution in [2.24, 2.45) is 0 Å². The van der Waals surface area contributed by atoms with E-state index in [1.807, 2.05) is 24.3 Å². The minimum atomic E-state index is -0.586. The summed E-state index contributed by atoms with van der Waals surface area (Å²) in [5, 5.41) is 14.9. The van der Waals surface area contributed by atoms with Crippen LogP contribution in [0.2, 0.25) is 0 Å². The van der Waals surface area contributed by atoms with Gasteiger partial charge in [-0.2, -0.15) is 0 Å². The molecule has 37 heavy (non-hydrogen) atoms. The van der Waals surface area contributed by atoms with Gasteiger partial charge in [0.2, 0.25) is 5.43 Å². The van der Waals surface area contributed by atoms with Gasteiger partial charge in [-0.25, -0.2) is 0 Å². The molecule has 0 radical (unpaired) electrons. The first-order valence-electron chi connectivity index (χ1n) is 12.1. The monoisotopic (exact) mass is 513 g/mol. The van der Waals surface area contributed by atoms with Crippen molar-refractivity contribution in [3.8, 4) is 33.1 Å². The van der Waals surface area contributed by atoms with Crippen LogP contribution in [-0.4, -0.2) is 53.6 Å². The van der Waals surface area contributed by atoms with E-state index in [1.54, 1.807) is 34.2 Å². The van der Waals surface area contributed by atoms with Crippen molar-refractivity contribution in [1.82, 2.24) is 9.58 Å². The Bertz CT molecular complexity index is 1630. The SMILES string of the molecule is COc1cccc2c1-c1ccsc1-c1ccccc1[C@H]2N1C2COCCN2C(=O)c2c(O)c(=O)ccn21. The Hall–Kier alpha value is -4.08. The molecule has 1 fully saturated rings. The maximum atomic E-state index is 13.6. The molecule has 9 heteroatoms. The number of carbonyl (C=O) groups excluding carboxylic acids is 1. The fourth-order valence-electron chi connectivity index (χ4n) is 5.88. The number of carbonyl (C=O) groups is 1. The zero-order valence-corrected chi connectivity index (χ0v) is 20.8.